The first-order chi connectivity index (χ1) is 8.15. The number of nitrogens with two attached hydrogens (primary N) is 1. The first-order valence-electron chi connectivity index (χ1n) is 5.27. The molecule has 0 bridgehead atoms. The average Bonchev–Trinajstić information content (AvgIpc) is 2.88. The van der Waals surface area contributed by atoms with E-state index in [9.17, 15) is 0 Å². The Hall–Kier alpha value is -1.96. The summed E-state index contributed by atoms with van der Waals surface area (Å²) in [5.74, 6) is 1.60. The first-order valence-corrected chi connectivity index (χ1v) is 5.27. The van der Waals surface area contributed by atoms with Gasteiger partial charge < -0.3 is 20.0 Å². The van der Waals surface area contributed by atoms with Crippen molar-refractivity contribution in [3.8, 4) is 0 Å². The van der Waals surface area contributed by atoms with Gasteiger partial charge >= 0.3 is 6.01 Å². The molecule has 3 N–H and O–H groups in total. The summed E-state index contributed by atoms with van der Waals surface area (Å²) in [7, 11) is 0. The van der Waals surface area contributed by atoms with Gasteiger partial charge in [0.25, 0.3) is 0 Å². The van der Waals surface area contributed by atoms with Crippen LogP contribution < -0.4 is 11.1 Å². The minimum atomic E-state index is -0.266. The number of aryl methyl sites for hydroxylation is 1. The lowest BCUT2D eigenvalue weighted by Crippen LogP contribution is -2.06. The van der Waals surface area contributed by atoms with E-state index in [1.165, 1.54) is 0 Å². The van der Waals surface area contributed by atoms with Gasteiger partial charge in [-0.25, -0.2) is 0 Å². The van der Waals surface area contributed by atoms with Crippen LogP contribution in [-0.2, 0) is 6.42 Å². The number of nitrogens with one attached hydrogen (secondary N) is 1. The summed E-state index contributed by atoms with van der Waals surface area (Å²) in [5, 5.41) is 14.3. The van der Waals surface area contributed by atoms with Crippen LogP contribution in [0.25, 0.3) is 0 Å². The van der Waals surface area contributed by atoms with Crippen molar-refractivity contribution >= 4 is 6.01 Å². The molecule has 2 aromatic rings. The predicted molar refractivity (Wildman–Crippen MR) is 58.1 cm³/mol. The molecule has 2 heterocycles. The maximum atomic E-state index is 5.59. The number of aromatic nitrogens is 4. The van der Waals surface area contributed by atoms with E-state index in [2.05, 4.69) is 25.7 Å². The summed E-state index contributed by atoms with van der Waals surface area (Å²) in [6.07, 6.45) is 0.618. The molecule has 0 aliphatic heterocycles. The fourth-order valence-electron chi connectivity index (χ4n) is 1.21. The van der Waals surface area contributed by atoms with Gasteiger partial charge in [0.05, 0.1) is 6.04 Å². The van der Waals surface area contributed by atoms with Gasteiger partial charge in [0.2, 0.25) is 11.8 Å². The summed E-state index contributed by atoms with van der Waals surface area (Å²) < 4.78 is 10.1. The van der Waals surface area contributed by atoms with Crippen molar-refractivity contribution in [2.75, 3.05) is 11.9 Å². The molecule has 2 rings (SSSR count). The Labute approximate surface area is 97.6 Å². The molecular formula is C9H14N6O2. The van der Waals surface area contributed by atoms with Crippen LogP contribution in [-0.4, -0.2) is 26.9 Å². The van der Waals surface area contributed by atoms with E-state index in [0.29, 0.717) is 36.6 Å². The molecule has 1 atom stereocenters. The molecule has 0 aromatic carbocycles. The molecule has 92 valence electrons. The fraction of sp³-hybridized carbons (Fsp3) is 0.556. The molecule has 1 unspecified atom stereocenters. The molecule has 0 fully saturated rings. The van der Waals surface area contributed by atoms with Gasteiger partial charge in [-0.1, -0.05) is 10.3 Å². The minimum absolute atomic E-state index is 0.266. The van der Waals surface area contributed by atoms with Crippen molar-refractivity contribution in [1.29, 1.82) is 0 Å². The van der Waals surface area contributed by atoms with Crippen LogP contribution in [0.2, 0.25) is 0 Å². The highest BCUT2D eigenvalue weighted by atomic mass is 16.5. The highest BCUT2D eigenvalue weighted by Gasteiger charge is 2.09. The molecule has 17 heavy (non-hydrogen) atoms. The van der Waals surface area contributed by atoms with Gasteiger partial charge in [-0.05, 0) is 6.92 Å². The molecule has 2 aromatic heterocycles. The average molecular weight is 238 g/mol. The Morgan fingerprint density at radius 3 is 2.82 bits per heavy atom. The van der Waals surface area contributed by atoms with Crippen molar-refractivity contribution in [3.05, 3.63) is 17.6 Å². The van der Waals surface area contributed by atoms with E-state index in [0.717, 1.165) is 0 Å². The maximum absolute atomic E-state index is 5.59. The molecule has 0 saturated heterocycles. The Bertz CT molecular complexity index is 477. The van der Waals surface area contributed by atoms with E-state index in [4.69, 9.17) is 14.7 Å². The zero-order chi connectivity index (χ0) is 12.3. The Balaban J connectivity index is 1.81. The van der Waals surface area contributed by atoms with E-state index in [-0.39, 0.29) is 6.04 Å². The highest BCUT2D eigenvalue weighted by molar-refractivity contribution is 5.17. The Morgan fingerprint density at radius 1 is 1.41 bits per heavy atom. The van der Waals surface area contributed by atoms with E-state index >= 15 is 0 Å². The molecule has 8 heteroatoms. The summed E-state index contributed by atoms with van der Waals surface area (Å²) in [6, 6.07) is 0.0791. The highest BCUT2D eigenvalue weighted by Crippen LogP contribution is 2.10. The number of hydrogen-bond acceptors (Lipinski definition) is 8. The van der Waals surface area contributed by atoms with Crippen LogP contribution in [0.5, 0.6) is 0 Å². The fourth-order valence-corrected chi connectivity index (χ4v) is 1.21. The van der Waals surface area contributed by atoms with E-state index in [1.807, 2.05) is 0 Å². The van der Waals surface area contributed by atoms with Crippen LogP contribution >= 0.6 is 0 Å². The lowest BCUT2D eigenvalue weighted by atomic mass is 10.4. The van der Waals surface area contributed by atoms with Crippen molar-refractivity contribution in [2.45, 2.75) is 26.3 Å². The van der Waals surface area contributed by atoms with Crippen molar-refractivity contribution in [2.24, 2.45) is 5.73 Å². The normalized spacial score (nSPS) is 12.6. The van der Waals surface area contributed by atoms with Gasteiger partial charge in [0.1, 0.15) is 0 Å². The number of anilines is 1. The van der Waals surface area contributed by atoms with Gasteiger partial charge in [-0.15, -0.1) is 5.10 Å². The number of nitrogens with zero attached hydrogens (tertiary/aromatic N) is 4. The maximum Gasteiger partial charge on any atom is 0.315 e. The molecule has 0 radical (unpaired) electrons. The second kappa shape index (κ2) is 4.91. The third-order valence-corrected chi connectivity index (χ3v) is 2.02. The second-order valence-electron chi connectivity index (χ2n) is 3.64. The van der Waals surface area contributed by atoms with E-state index < -0.39 is 0 Å². The number of hydrogen-bond donors (Lipinski definition) is 2. The summed E-state index contributed by atoms with van der Waals surface area (Å²) in [6.45, 7) is 4.11. The molecule has 0 amide bonds. The van der Waals surface area contributed by atoms with Crippen molar-refractivity contribution in [1.82, 2.24) is 20.3 Å². The summed E-state index contributed by atoms with van der Waals surface area (Å²) in [5.41, 5.74) is 5.59. The zero-order valence-corrected chi connectivity index (χ0v) is 9.67. The molecule has 0 spiro atoms. The third-order valence-electron chi connectivity index (χ3n) is 2.02. The molecular weight excluding hydrogens is 224 g/mol. The van der Waals surface area contributed by atoms with Crippen LogP contribution in [0.3, 0.4) is 0 Å². The molecule has 8 nitrogen and oxygen atoms in total. The molecule has 0 saturated carbocycles. The topological polar surface area (TPSA) is 116 Å². The lowest BCUT2D eigenvalue weighted by molar-refractivity contribution is 0.387. The summed E-state index contributed by atoms with van der Waals surface area (Å²) in [4.78, 5) is 4.07. The molecule has 0 aliphatic rings. The standard InChI is InChI=1S/C9H14N6O2/c1-5(10)8-13-14-9(16-8)11-4-3-7-12-6(2)17-15-7/h5H,3-4,10H2,1-2H3,(H,11,14). The number of rotatable bonds is 5. The van der Waals surface area contributed by atoms with Crippen LogP contribution in [0, 0.1) is 6.92 Å². The predicted octanol–water partition coefficient (Wildman–Crippen LogP) is 0.435. The van der Waals surface area contributed by atoms with Gasteiger partial charge in [0, 0.05) is 19.9 Å². The SMILES string of the molecule is Cc1nc(CCNc2nnc(C(C)N)o2)no1. The van der Waals surface area contributed by atoms with Crippen LogP contribution in [0.4, 0.5) is 6.01 Å². The first kappa shape index (κ1) is 11.5. The van der Waals surface area contributed by atoms with Crippen LogP contribution in [0.1, 0.15) is 30.6 Å². The Kier molecular flexibility index (Phi) is 3.33. The largest absolute Gasteiger partial charge is 0.406 e. The zero-order valence-electron chi connectivity index (χ0n) is 9.67. The quantitative estimate of drug-likeness (QED) is 0.770. The van der Waals surface area contributed by atoms with Crippen molar-refractivity contribution in [3.63, 3.8) is 0 Å². The monoisotopic (exact) mass is 238 g/mol. The minimum Gasteiger partial charge on any atom is -0.406 e. The van der Waals surface area contributed by atoms with E-state index in [1.54, 1.807) is 13.8 Å². The third kappa shape index (κ3) is 3.00. The Morgan fingerprint density at radius 2 is 2.24 bits per heavy atom. The van der Waals surface area contributed by atoms with Gasteiger partial charge in [-0.2, -0.15) is 4.98 Å². The van der Waals surface area contributed by atoms with Gasteiger partial charge in [-0.3, -0.25) is 0 Å². The smallest absolute Gasteiger partial charge is 0.315 e. The molecule has 0 aliphatic carbocycles. The second-order valence-corrected chi connectivity index (χ2v) is 3.64. The van der Waals surface area contributed by atoms with Gasteiger partial charge in [0.15, 0.2) is 5.82 Å². The van der Waals surface area contributed by atoms with Crippen molar-refractivity contribution < 1.29 is 8.94 Å². The van der Waals surface area contributed by atoms with Crippen LogP contribution in [0.15, 0.2) is 8.94 Å². The summed E-state index contributed by atoms with van der Waals surface area (Å²) >= 11 is 0. The lowest BCUT2D eigenvalue weighted by Gasteiger charge is -1.98.